The second-order valence-electron chi connectivity index (χ2n) is 4.18. The number of benzene rings is 1. The van der Waals surface area contributed by atoms with E-state index in [1.54, 1.807) is 7.05 Å². The molecule has 2 rings (SSSR count). The first-order valence-corrected chi connectivity index (χ1v) is 6.30. The lowest BCUT2D eigenvalue weighted by molar-refractivity contribution is 0.295. The molecule has 1 heterocycles. The summed E-state index contributed by atoms with van der Waals surface area (Å²) in [5.74, 6) is 1.13. The standard InChI is InChI=1S/C12H16ClN5O/c1-8(14-2)9-4-5-11(10(13)6-9)19-7-12-15-17-18(3)16-12/h4-6,8,14H,7H2,1-3H3. The van der Waals surface area contributed by atoms with Crippen LogP contribution in [0.3, 0.4) is 0 Å². The molecule has 0 radical (unpaired) electrons. The van der Waals surface area contributed by atoms with Crippen molar-refractivity contribution >= 4 is 11.6 Å². The predicted octanol–water partition coefficient (Wildman–Crippen LogP) is 1.72. The van der Waals surface area contributed by atoms with Crippen LogP contribution < -0.4 is 10.1 Å². The average Bonchev–Trinajstić information content (AvgIpc) is 2.82. The molecule has 0 fully saturated rings. The van der Waals surface area contributed by atoms with Gasteiger partial charge >= 0.3 is 0 Å². The van der Waals surface area contributed by atoms with Gasteiger partial charge in [-0.15, -0.1) is 10.2 Å². The van der Waals surface area contributed by atoms with Gasteiger partial charge in [0, 0.05) is 6.04 Å². The quantitative estimate of drug-likeness (QED) is 0.904. The zero-order valence-electron chi connectivity index (χ0n) is 11.1. The monoisotopic (exact) mass is 281 g/mol. The molecule has 0 spiro atoms. The summed E-state index contributed by atoms with van der Waals surface area (Å²) in [5.41, 5.74) is 1.11. The molecule has 1 unspecified atom stereocenters. The summed E-state index contributed by atoms with van der Waals surface area (Å²) in [7, 11) is 3.61. The molecule has 1 aromatic heterocycles. The Bertz CT molecular complexity index is 557. The molecule has 1 N–H and O–H groups in total. The molecule has 0 aliphatic heterocycles. The molecule has 0 saturated carbocycles. The lowest BCUT2D eigenvalue weighted by Crippen LogP contribution is -2.12. The van der Waals surface area contributed by atoms with E-state index in [2.05, 4.69) is 27.7 Å². The van der Waals surface area contributed by atoms with Gasteiger partial charge in [-0.2, -0.15) is 4.80 Å². The number of tetrazole rings is 1. The van der Waals surface area contributed by atoms with Gasteiger partial charge < -0.3 is 10.1 Å². The fourth-order valence-corrected chi connectivity index (χ4v) is 1.84. The summed E-state index contributed by atoms with van der Waals surface area (Å²) in [4.78, 5) is 1.39. The van der Waals surface area contributed by atoms with Gasteiger partial charge in [0.25, 0.3) is 0 Å². The van der Waals surface area contributed by atoms with Gasteiger partial charge in [0.15, 0.2) is 6.61 Å². The SMILES string of the molecule is CNC(C)c1ccc(OCc2nnn(C)n2)c(Cl)c1. The van der Waals surface area contributed by atoms with E-state index in [4.69, 9.17) is 16.3 Å². The van der Waals surface area contributed by atoms with Crippen LogP contribution in [0.15, 0.2) is 18.2 Å². The van der Waals surface area contributed by atoms with E-state index in [0.29, 0.717) is 16.6 Å². The molecule has 1 aromatic carbocycles. The van der Waals surface area contributed by atoms with Crippen LogP contribution in [0.2, 0.25) is 5.02 Å². The molecule has 0 amide bonds. The fraction of sp³-hybridized carbons (Fsp3) is 0.417. The molecular formula is C12H16ClN5O. The van der Waals surface area contributed by atoms with E-state index in [1.165, 1.54) is 4.80 Å². The Morgan fingerprint density at radius 2 is 2.26 bits per heavy atom. The third-order valence-electron chi connectivity index (χ3n) is 2.80. The van der Waals surface area contributed by atoms with Crippen molar-refractivity contribution in [3.63, 3.8) is 0 Å². The number of hydrogen-bond acceptors (Lipinski definition) is 5. The minimum Gasteiger partial charge on any atom is -0.484 e. The van der Waals surface area contributed by atoms with Crippen molar-refractivity contribution in [1.82, 2.24) is 25.5 Å². The Morgan fingerprint density at radius 3 is 2.84 bits per heavy atom. The average molecular weight is 282 g/mol. The summed E-state index contributed by atoms with van der Waals surface area (Å²) in [6.45, 7) is 2.31. The van der Waals surface area contributed by atoms with Gasteiger partial charge in [-0.3, -0.25) is 0 Å². The Labute approximate surface area is 116 Å². The third-order valence-corrected chi connectivity index (χ3v) is 3.09. The highest BCUT2D eigenvalue weighted by atomic mass is 35.5. The number of ether oxygens (including phenoxy) is 1. The first-order chi connectivity index (χ1) is 9.10. The Kier molecular flexibility index (Phi) is 4.34. The van der Waals surface area contributed by atoms with Crippen LogP contribution in [-0.4, -0.2) is 27.3 Å². The van der Waals surface area contributed by atoms with E-state index >= 15 is 0 Å². The van der Waals surface area contributed by atoms with Crippen molar-refractivity contribution in [2.75, 3.05) is 7.05 Å². The lowest BCUT2D eigenvalue weighted by Gasteiger charge is -2.12. The van der Waals surface area contributed by atoms with E-state index < -0.39 is 0 Å². The maximum Gasteiger partial charge on any atom is 0.212 e. The number of nitrogens with zero attached hydrogens (tertiary/aromatic N) is 4. The van der Waals surface area contributed by atoms with E-state index in [-0.39, 0.29) is 12.6 Å². The maximum absolute atomic E-state index is 6.19. The highest BCUT2D eigenvalue weighted by Crippen LogP contribution is 2.28. The topological polar surface area (TPSA) is 64.9 Å². The smallest absolute Gasteiger partial charge is 0.212 e. The van der Waals surface area contributed by atoms with Crippen LogP contribution >= 0.6 is 11.6 Å². The molecule has 19 heavy (non-hydrogen) atoms. The van der Waals surface area contributed by atoms with E-state index in [9.17, 15) is 0 Å². The van der Waals surface area contributed by atoms with Crippen molar-refractivity contribution in [2.24, 2.45) is 7.05 Å². The number of rotatable bonds is 5. The van der Waals surface area contributed by atoms with Crippen molar-refractivity contribution in [2.45, 2.75) is 19.6 Å². The van der Waals surface area contributed by atoms with Gasteiger partial charge in [0.05, 0.1) is 12.1 Å². The molecule has 1 atom stereocenters. The normalized spacial score (nSPS) is 12.4. The Balaban J connectivity index is 2.05. The zero-order valence-corrected chi connectivity index (χ0v) is 11.8. The van der Waals surface area contributed by atoms with E-state index in [0.717, 1.165) is 5.56 Å². The molecule has 0 bridgehead atoms. The fourth-order valence-electron chi connectivity index (χ4n) is 1.59. The summed E-state index contributed by atoms with van der Waals surface area (Å²) in [5, 5.41) is 15.3. The Hall–Kier alpha value is -1.66. The predicted molar refractivity (Wildman–Crippen MR) is 72.1 cm³/mol. The molecule has 0 saturated heterocycles. The van der Waals surface area contributed by atoms with Crippen LogP contribution in [0.25, 0.3) is 0 Å². The van der Waals surface area contributed by atoms with Crippen molar-refractivity contribution in [3.8, 4) is 5.75 Å². The van der Waals surface area contributed by atoms with Crippen LogP contribution in [0.1, 0.15) is 24.4 Å². The van der Waals surface area contributed by atoms with E-state index in [1.807, 2.05) is 25.2 Å². The first-order valence-electron chi connectivity index (χ1n) is 5.92. The molecule has 0 aliphatic carbocycles. The highest BCUT2D eigenvalue weighted by molar-refractivity contribution is 6.32. The molecule has 2 aromatic rings. The first kappa shape index (κ1) is 13.8. The van der Waals surface area contributed by atoms with Gasteiger partial charge in [0.1, 0.15) is 5.75 Å². The minimum absolute atomic E-state index is 0.244. The van der Waals surface area contributed by atoms with Crippen LogP contribution in [0.4, 0.5) is 0 Å². The van der Waals surface area contributed by atoms with Crippen LogP contribution in [0, 0.1) is 0 Å². The van der Waals surface area contributed by atoms with Crippen molar-refractivity contribution in [1.29, 1.82) is 0 Å². The lowest BCUT2D eigenvalue weighted by atomic mass is 10.1. The van der Waals surface area contributed by atoms with Gasteiger partial charge in [-0.1, -0.05) is 17.7 Å². The summed E-state index contributed by atoms with van der Waals surface area (Å²) < 4.78 is 5.57. The number of aryl methyl sites for hydroxylation is 1. The summed E-state index contributed by atoms with van der Waals surface area (Å²) in [6, 6.07) is 5.96. The zero-order chi connectivity index (χ0) is 13.8. The molecule has 6 nitrogen and oxygen atoms in total. The largest absolute Gasteiger partial charge is 0.484 e. The molecular weight excluding hydrogens is 266 g/mol. The van der Waals surface area contributed by atoms with Crippen molar-refractivity contribution < 1.29 is 4.74 Å². The minimum atomic E-state index is 0.244. The van der Waals surface area contributed by atoms with Crippen LogP contribution in [0.5, 0.6) is 5.75 Å². The number of hydrogen-bond donors (Lipinski definition) is 1. The van der Waals surface area contributed by atoms with Gasteiger partial charge in [-0.25, -0.2) is 0 Å². The second-order valence-corrected chi connectivity index (χ2v) is 4.59. The van der Waals surface area contributed by atoms with Gasteiger partial charge in [-0.05, 0) is 36.9 Å². The third kappa shape index (κ3) is 3.42. The molecule has 102 valence electrons. The number of aromatic nitrogens is 4. The molecule has 0 aliphatic rings. The van der Waals surface area contributed by atoms with Crippen LogP contribution in [-0.2, 0) is 13.7 Å². The summed E-state index contributed by atoms with van der Waals surface area (Å²) >= 11 is 6.19. The summed E-state index contributed by atoms with van der Waals surface area (Å²) in [6.07, 6.45) is 0. The maximum atomic E-state index is 6.19. The Morgan fingerprint density at radius 1 is 1.47 bits per heavy atom. The molecule has 7 heteroatoms. The number of halogens is 1. The van der Waals surface area contributed by atoms with Gasteiger partial charge in [0.2, 0.25) is 5.82 Å². The second kappa shape index (κ2) is 5.99. The van der Waals surface area contributed by atoms with Crippen molar-refractivity contribution in [3.05, 3.63) is 34.6 Å². The highest BCUT2D eigenvalue weighted by Gasteiger charge is 2.08. The number of nitrogens with one attached hydrogen (secondary N) is 1.